The van der Waals surface area contributed by atoms with Gasteiger partial charge in [0.25, 0.3) is 11.8 Å². The molecule has 2 aromatic rings. The summed E-state index contributed by atoms with van der Waals surface area (Å²) in [6.45, 7) is 9.68. The number of hydrogen-bond acceptors (Lipinski definition) is 5. The Morgan fingerprint density at radius 3 is 2.31 bits per heavy atom. The predicted molar refractivity (Wildman–Crippen MR) is 115 cm³/mol. The summed E-state index contributed by atoms with van der Waals surface area (Å²) in [6, 6.07) is 7.30. The summed E-state index contributed by atoms with van der Waals surface area (Å²) >= 11 is 6.13. The van der Waals surface area contributed by atoms with Crippen molar-refractivity contribution in [3.8, 4) is 0 Å². The fourth-order valence-electron chi connectivity index (χ4n) is 2.65. The number of hydrogen-bond donors (Lipinski definition) is 1. The number of rotatable bonds is 8. The Bertz CT molecular complexity index is 851. The minimum Gasteiger partial charge on any atom is -0.347 e. The lowest BCUT2D eigenvalue weighted by atomic mass is 10.1. The van der Waals surface area contributed by atoms with Crippen molar-refractivity contribution in [1.29, 1.82) is 0 Å². The molecule has 0 aliphatic carbocycles. The van der Waals surface area contributed by atoms with Crippen LogP contribution in [0.5, 0.6) is 0 Å². The van der Waals surface area contributed by atoms with Gasteiger partial charge in [0.1, 0.15) is 0 Å². The van der Waals surface area contributed by atoms with E-state index in [9.17, 15) is 9.59 Å². The summed E-state index contributed by atoms with van der Waals surface area (Å²) in [7, 11) is 1.78. The van der Waals surface area contributed by atoms with E-state index >= 15 is 0 Å². The molecule has 0 fully saturated rings. The van der Waals surface area contributed by atoms with Crippen molar-refractivity contribution < 1.29 is 9.59 Å². The lowest BCUT2D eigenvalue weighted by Gasteiger charge is -2.21. The van der Waals surface area contributed by atoms with E-state index in [0.717, 1.165) is 18.7 Å². The van der Waals surface area contributed by atoms with Crippen LogP contribution in [0.4, 0.5) is 5.95 Å². The summed E-state index contributed by atoms with van der Waals surface area (Å²) in [5.41, 5.74) is 1.63. The highest BCUT2D eigenvalue weighted by Gasteiger charge is 2.17. The molecular weight excluding hydrogens is 390 g/mol. The fraction of sp³-hybridized carbons (Fsp3) is 0.429. The van der Waals surface area contributed by atoms with Crippen LogP contribution in [0.3, 0.4) is 0 Å². The summed E-state index contributed by atoms with van der Waals surface area (Å²) in [5, 5.41) is 3.03. The first-order chi connectivity index (χ1) is 13.8. The first kappa shape index (κ1) is 22.6. The van der Waals surface area contributed by atoms with Crippen molar-refractivity contribution in [2.45, 2.75) is 40.3 Å². The van der Waals surface area contributed by atoms with Crippen molar-refractivity contribution in [2.24, 2.45) is 0 Å². The lowest BCUT2D eigenvalue weighted by Crippen LogP contribution is -2.33. The van der Waals surface area contributed by atoms with Crippen LogP contribution in [0, 0.1) is 0 Å². The largest absolute Gasteiger partial charge is 0.347 e. The van der Waals surface area contributed by atoms with E-state index in [0.29, 0.717) is 18.1 Å². The van der Waals surface area contributed by atoms with Gasteiger partial charge in [-0.05, 0) is 45.4 Å². The third-order valence-corrected chi connectivity index (χ3v) is 5.02. The number of aromatic nitrogens is 2. The predicted octanol–water partition coefficient (Wildman–Crippen LogP) is 3.39. The zero-order chi connectivity index (χ0) is 21.6. The van der Waals surface area contributed by atoms with Crippen LogP contribution in [0.2, 0.25) is 5.02 Å². The molecule has 29 heavy (non-hydrogen) atoms. The van der Waals surface area contributed by atoms with Crippen molar-refractivity contribution in [3.05, 3.63) is 52.3 Å². The highest BCUT2D eigenvalue weighted by atomic mass is 35.5. The molecule has 0 aliphatic heterocycles. The Morgan fingerprint density at radius 2 is 1.76 bits per heavy atom. The Labute approximate surface area is 177 Å². The van der Waals surface area contributed by atoms with Crippen LogP contribution in [-0.4, -0.2) is 52.9 Å². The zero-order valence-electron chi connectivity index (χ0n) is 17.6. The van der Waals surface area contributed by atoms with Crippen molar-refractivity contribution >= 4 is 29.4 Å². The standard InChI is InChI=1S/C21H28ClN5O2/c1-6-27(7-2)21-24-13-17(22)18(25-21)19(28)23-12-15-8-10-16(11-9-15)20(29)26(5)14(3)4/h8-11,13-14H,6-7,12H2,1-5H3,(H,23,28). The van der Waals surface area contributed by atoms with Gasteiger partial charge >= 0.3 is 0 Å². The Kier molecular flexibility index (Phi) is 7.96. The van der Waals surface area contributed by atoms with Crippen LogP contribution >= 0.6 is 11.6 Å². The molecule has 156 valence electrons. The van der Waals surface area contributed by atoms with Crippen molar-refractivity contribution in [1.82, 2.24) is 20.2 Å². The molecule has 8 heteroatoms. The molecule has 0 saturated carbocycles. The fourth-order valence-corrected chi connectivity index (χ4v) is 2.82. The summed E-state index contributed by atoms with van der Waals surface area (Å²) < 4.78 is 0. The highest BCUT2D eigenvalue weighted by molar-refractivity contribution is 6.33. The maximum atomic E-state index is 12.6. The molecule has 1 heterocycles. The third-order valence-electron chi connectivity index (χ3n) is 4.74. The molecule has 2 rings (SSSR count). The molecule has 7 nitrogen and oxygen atoms in total. The molecular formula is C21H28ClN5O2. The van der Waals surface area contributed by atoms with Crippen molar-refractivity contribution in [3.63, 3.8) is 0 Å². The van der Waals surface area contributed by atoms with E-state index in [1.54, 1.807) is 24.1 Å². The second-order valence-corrected chi connectivity index (χ2v) is 7.34. The van der Waals surface area contributed by atoms with Crippen LogP contribution < -0.4 is 10.2 Å². The first-order valence-corrected chi connectivity index (χ1v) is 10.1. The monoisotopic (exact) mass is 417 g/mol. The highest BCUT2D eigenvalue weighted by Crippen LogP contribution is 2.17. The lowest BCUT2D eigenvalue weighted by molar-refractivity contribution is 0.0754. The minimum absolute atomic E-state index is 0.0349. The van der Waals surface area contributed by atoms with Gasteiger partial charge in [0.2, 0.25) is 5.95 Å². The smallest absolute Gasteiger partial charge is 0.271 e. The summed E-state index contributed by atoms with van der Waals surface area (Å²) in [4.78, 5) is 37.1. The second kappa shape index (κ2) is 10.2. The number of nitrogens with zero attached hydrogens (tertiary/aromatic N) is 4. The quantitative estimate of drug-likeness (QED) is 0.712. The second-order valence-electron chi connectivity index (χ2n) is 6.93. The molecule has 1 aromatic carbocycles. The molecule has 1 N–H and O–H groups in total. The van der Waals surface area contributed by atoms with E-state index in [-0.39, 0.29) is 28.6 Å². The Balaban J connectivity index is 2.06. The molecule has 0 saturated heterocycles. The van der Waals surface area contributed by atoms with Gasteiger partial charge in [-0.15, -0.1) is 0 Å². The molecule has 0 aliphatic rings. The number of carbonyl (C=O) groups excluding carboxylic acids is 2. The number of benzene rings is 1. The number of anilines is 1. The Hall–Kier alpha value is -2.67. The van der Waals surface area contributed by atoms with E-state index in [2.05, 4.69) is 15.3 Å². The normalized spacial score (nSPS) is 10.7. The van der Waals surface area contributed by atoms with Crippen LogP contribution in [0.15, 0.2) is 30.5 Å². The van der Waals surface area contributed by atoms with Crippen molar-refractivity contribution in [2.75, 3.05) is 25.0 Å². The SMILES string of the molecule is CCN(CC)c1ncc(Cl)c(C(=O)NCc2ccc(C(=O)N(C)C(C)C)cc2)n1. The summed E-state index contributed by atoms with van der Waals surface area (Å²) in [5.74, 6) is 0.0690. The van der Waals surface area contributed by atoms with Gasteiger partial charge in [0.05, 0.1) is 11.2 Å². The van der Waals surface area contributed by atoms with E-state index < -0.39 is 0 Å². The first-order valence-electron chi connectivity index (χ1n) is 9.70. The van der Waals surface area contributed by atoms with Gasteiger partial charge in [-0.1, -0.05) is 23.7 Å². The molecule has 2 amide bonds. The third kappa shape index (κ3) is 5.67. The zero-order valence-corrected chi connectivity index (χ0v) is 18.3. The van der Waals surface area contributed by atoms with Gasteiger partial charge in [0, 0.05) is 38.3 Å². The van der Waals surface area contributed by atoms with E-state index in [1.807, 2.05) is 44.7 Å². The maximum Gasteiger partial charge on any atom is 0.271 e. The number of amides is 2. The van der Waals surface area contributed by atoms with Gasteiger partial charge in [-0.3, -0.25) is 9.59 Å². The number of carbonyl (C=O) groups is 2. The molecule has 0 unspecified atom stereocenters. The van der Waals surface area contributed by atoms with Crippen LogP contribution in [0.25, 0.3) is 0 Å². The molecule has 0 spiro atoms. The van der Waals surface area contributed by atoms with Gasteiger partial charge in [0.15, 0.2) is 5.69 Å². The average Bonchev–Trinajstić information content (AvgIpc) is 2.73. The average molecular weight is 418 g/mol. The van der Waals surface area contributed by atoms with Gasteiger partial charge < -0.3 is 15.1 Å². The number of halogens is 1. The molecule has 0 bridgehead atoms. The van der Waals surface area contributed by atoms with Crippen LogP contribution in [-0.2, 0) is 6.54 Å². The van der Waals surface area contributed by atoms with Gasteiger partial charge in [-0.25, -0.2) is 9.97 Å². The Morgan fingerprint density at radius 1 is 1.14 bits per heavy atom. The minimum atomic E-state index is -0.370. The summed E-state index contributed by atoms with van der Waals surface area (Å²) in [6.07, 6.45) is 1.45. The van der Waals surface area contributed by atoms with E-state index in [1.165, 1.54) is 6.20 Å². The van der Waals surface area contributed by atoms with Crippen LogP contribution in [0.1, 0.15) is 54.1 Å². The number of nitrogens with one attached hydrogen (secondary N) is 1. The van der Waals surface area contributed by atoms with Gasteiger partial charge in [-0.2, -0.15) is 0 Å². The molecule has 1 aromatic heterocycles. The van der Waals surface area contributed by atoms with E-state index in [4.69, 9.17) is 11.6 Å². The molecule has 0 radical (unpaired) electrons. The topological polar surface area (TPSA) is 78.4 Å². The molecule has 0 atom stereocenters. The maximum absolute atomic E-state index is 12.6.